The van der Waals surface area contributed by atoms with E-state index in [2.05, 4.69) is 15.0 Å². The van der Waals surface area contributed by atoms with Gasteiger partial charge in [-0.1, -0.05) is 30.3 Å². The quantitative estimate of drug-likeness (QED) is 0.438. The van der Waals surface area contributed by atoms with E-state index in [4.69, 9.17) is 4.74 Å². The highest BCUT2D eigenvalue weighted by atomic mass is 16.6. The summed E-state index contributed by atoms with van der Waals surface area (Å²) in [5, 5.41) is 40.5. The summed E-state index contributed by atoms with van der Waals surface area (Å²) >= 11 is 0. The molecule has 3 aromatic rings. The smallest absolute Gasteiger partial charge is 0.167 e. The molecule has 10 heteroatoms. The second-order valence-corrected chi connectivity index (χ2v) is 7.46. The Labute approximate surface area is 173 Å². The molecule has 0 spiro atoms. The SMILES string of the molecule is C[C@H]([C@@H](O)c1ccccc1)N(C)c1ncnc2c1ncn2[C@@H]1O[C@H](CO)C(O)[C@@H]1O. The Kier molecular flexibility index (Phi) is 5.67. The van der Waals surface area contributed by atoms with Crippen LogP contribution in [0.25, 0.3) is 11.2 Å². The Bertz CT molecular complexity index is 1000. The summed E-state index contributed by atoms with van der Waals surface area (Å²) < 4.78 is 7.10. The topological polar surface area (TPSA) is 137 Å². The van der Waals surface area contributed by atoms with E-state index in [9.17, 15) is 20.4 Å². The number of aliphatic hydroxyl groups is 4. The predicted octanol–water partition coefficient (Wildman–Crippen LogP) is -0.00390. The number of benzene rings is 1. The average molecular weight is 415 g/mol. The monoisotopic (exact) mass is 415 g/mol. The molecule has 6 atom stereocenters. The minimum Gasteiger partial charge on any atom is -0.394 e. The van der Waals surface area contributed by atoms with Crippen LogP contribution in [-0.2, 0) is 4.74 Å². The number of fused-ring (bicyclic) bond motifs is 1. The first kappa shape index (κ1) is 20.6. The molecule has 160 valence electrons. The molecular weight excluding hydrogens is 390 g/mol. The fourth-order valence-electron chi connectivity index (χ4n) is 3.73. The maximum atomic E-state index is 10.8. The van der Waals surface area contributed by atoms with Crippen LogP contribution in [-0.4, -0.2) is 78.0 Å². The highest BCUT2D eigenvalue weighted by Gasteiger charge is 2.44. The Morgan fingerprint density at radius 1 is 1.13 bits per heavy atom. The van der Waals surface area contributed by atoms with E-state index in [1.165, 1.54) is 17.2 Å². The van der Waals surface area contributed by atoms with E-state index in [1.54, 1.807) is 0 Å². The third-order valence-electron chi connectivity index (χ3n) is 5.67. The molecule has 4 N–H and O–H groups in total. The van der Waals surface area contributed by atoms with Gasteiger partial charge >= 0.3 is 0 Å². The number of likely N-dealkylation sites (N-methyl/N-ethyl adjacent to an activating group) is 1. The zero-order chi connectivity index (χ0) is 21.4. The molecule has 0 bridgehead atoms. The van der Waals surface area contributed by atoms with Crippen LogP contribution in [0.15, 0.2) is 43.0 Å². The Balaban J connectivity index is 1.65. The van der Waals surface area contributed by atoms with Gasteiger partial charge in [-0.25, -0.2) is 15.0 Å². The number of anilines is 1. The first-order valence-corrected chi connectivity index (χ1v) is 9.69. The predicted molar refractivity (Wildman–Crippen MR) is 108 cm³/mol. The molecule has 1 unspecified atom stereocenters. The van der Waals surface area contributed by atoms with Gasteiger partial charge in [0.25, 0.3) is 0 Å². The molecule has 10 nitrogen and oxygen atoms in total. The fourth-order valence-corrected chi connectivity index (χ4v) is 3.73. The molecule has 1 aromatic carbocycles. The minimum absolute atomic E-state index is 0.315. The van der Waals surface area contributed by atoms with Crippen molar-refractivity contribution in [1.82, 2.24) is 19.5 Å². The maximum Gasteiger partial charge on any atom is 0.167 e. The number of imidazole rings is 1. The molecule has 4 rings (SSSR count). The zero-order valence-electron chi connectivity index (χ0n) is 16.6. The van der Waals surface area contributed by atoms with Crippen molar-refractivity contribution in [3.05, 3.63) is 48.5 Å². The van der Waals surface area contributed by atoms with E-state index < -0.39 is 37.3 Å². The van der Waals surface area contributed by atoms with Crippen LogP contribution in [0.2, 0.25) is 0 Å². The standard InChI is InChI=1S/C20H25N5O5/c1-11(15(27)12-6-4-3-5-7-12)24(2)18-14-19(22-9-21-18)25(10-23-14)20-17(29)16(28)13(8-26)30-20/h3-7,9-11,13,15-17,20,26-29H,8H2,1-2H3/t11-,13-,15-,16?,17+,20-/m1/s1. The average Bonchev–Trinajstić information content (AvgIpc) is 3.33. The molecule has 0 amide bonds. The lowest BCUT2D eigenvalue weighted by molar-refractivity contribution is -0.0511. The van der Waals surface area contributed by atoms with Crippen LogP contribution in [0.5, 0.6) is 0 Å². The third kappa shape index (κ3) is 3.42. The van der Waals surface area contributed by atoms with Crippen molar-refractivity contribution in [3.63, 3.8) is 0 Å². The number of aliphatic hydroxyl groups excluding tert-OH is 4. The lowest BCUT2D eigenvalue weighted by Gasteiger charge is -2.30. The summed E-state index contributed by atoms with van der Waals surface area (Å²) in [7, 11) is 1.81. The van der Waals surface area contributed by atoms with Crippen molar-refractivity contribution < 1.29 is 25.2 Å². The highest BCUT2D eigenvalue weighted by molar-refractivity contribution is 5.83. The molecule has 30 heavy (non-hydrogen) atoms. The number of rotatable bonds is 6. The third-order valence-corrected chi connectivity index (χ3v) is 5.67. The number of hydrogen-bond acceptors (Lipinski definition) is 9. The second-order valence-electron chi connectivity index (χ2n) is 7.46. The van der Waals surface area contributed by atoms with Crippen molar-refractivity contribution >= 4 is 17.0 Å². The molecule has 1 aliphatic heterocycles. The van der Waals surface area contributed by atoms with Gasteiger partial charge in [0.2, 0.25) is 0 Å². The van der Waals surface area contributed by atoms with Crippen LogP contribution in [0.1, 0.15) is 24.8 Å². The number of nitrogens with zero attached hydrogens (tertiary/aromatic N) is 5. The summed E-state index contributed by atoms with van der Waals surface area (Å²) in [6, 6.07) is 9.04. The van der Waals surface area contributed by atoms with Gasteiger partial charge in [0.1, 0.15) is 24.6 Å². The molecular formula is C20H25N5O5. The molecule has 1 fully saturated rings. The maximum absolute atomic E-state index is 10.8. The summed E-state index contributed by atoms with van der Waals surface area (Å²) in [6.45, 7) is 1.47. The Morgan fingerprint density at radius 2 is 1.87 bits per heavy atom. The van der Waals surface area contributed by atoms with Gasteiger partial charge < -0.3 is 30.1 Å². The van der Waals surface area contributed by atoms with Crippen LogP contribution >= 0.6 is 0 Å². The summed E-state index contributed by atoms with van der Waals surface area (Å²) in [6.07, 6.45) is -2.22. The van der Waals surface area contributed by atoms with Crippen molar-refractivity contribution in [3.8, 4) is 0 Å². The Hall–Kier alpha value is -2.63. The van der Waals surface area contributed by atoms with Gasteiger partial charge in [-0.05, 0) is 12.5 Å². The number of ether oxygens (including phenoxy) is 1. The molecule has 1 saturated heterocycles. The van der Waals surface area contributed by atoms with Crippen LogP contribution in [0.3, 0.4) is 0 Å². The Morgan fingerprint density at radius 3 is 2.53 bits per heavy atom. The van der Waals surface area contributed by atoms with Crippen LogP contribution in [0, 0.1) is 0 Å². The van der Waals surface area contributed by atoms with E-state index in [1.807, 2.05) is 49.2 Å². The van der Waals surface area contributed by atoms with Gasteiger partial charge in [0.15, 0.2) is 23.2 Å². The van der Waals surface area contributed by atoms with E-state index in [-0.39, 0.29) is 6.04 Å². The summed E-state index contributed by atoms with van der Waals surface area (Å²) in [5.41, 5.74) is 1.66. The van der Waals surface area contributed by atoms with Gasteiger partial charge in [-0.3, -0.25) is 4.57 Å². The normalized spacial score (nSPS) is 26.1. The molecule has 0 aliphatic carbocycles. The molecule has 0 radical (unpaired) electrons. The summed E-state index contributed by atoms with van der Waals surface area (Å²) in [4.78, 5) is 14.8. The van der Waals surface area contributed by atoms with E-state index >= 15 is 0 Å². The van der Waals surface area contributed by atoms with Crippen LogP contribution < -0.4 is 4.90 Å². The van der Waals surface area contributed by atoms with Gasteiger partial charge in [0.05, 0.1) is 25.1 Å². The first-order chi connectivity index (χ1) is 14.4. The van der Waals surface area contributed by atoms with Crippen molar-refractivity contribution in [1.29, 1.82) is 0 Å². The van der Waals surface area contributed by atoms with Gasteiger partial charge in [-0.15, -0.1) is 0 Å². The van der Waals surface area contributed by atoms with E-state index in [0.29, 0.717) is 17.0 Å². The van der Waals surface area contributed by atoms with Crippen molar-refractivity contribution in [2.75, 3.05) is 18.6 Å². The van der Waals surface area contributed by atoms with Crippen LogP contribution in [0.4, 0.5) is 5.82 Å². The molecule has 3 heterocycles. The summed E-state index contributed by atoms with van der Waals surface area (Å²) in [5.74, 6) is 0.507. The lowest BCUT2D eigenvalue weighted by atomic mass is 10.0. The molecule has 2 aromatic heterocycles. The number of hydrogen-bond donors (Lipinski definition) is 4. The minimum atomic E-state index is -1.24. The first-order valence-electron chi connectivity index (χ1n) is 9.69. The number of aromatic nitrogens is 4. The van der Waals surface area contributed by atoms with Crippen molar-refractivity contribution in [2.45, 2.75) is 43.6 Å². The van der Waals surface area contributed by atoms with Gasteiger partial charge in [0, 0.05) is 7.05 Å². The molecule has 0 saturated carbocycles. The molecule has 1 aliphatic rings. The largest absolute Gasteiger partial charge is 0.394 e. The lowest BCUT2D eigenvalue weighted by Crippen LogP contribution is -2.35. The highest BCUT2D eigenvalue weighted by Crippen LogP contribution is 2.33. The zero-order valence-corrected chi connectivity index (χ0v) is 16.6. The second kappa shape index (κ2) is 8.25. The fraction of sp³-hybridized carbons (Fsp3) is 0.450. The van der Waals surface area contributed by atoms with Crippen molar-refractivity contribution in [2.24, 2.45) is 0 Å². The van der Waals surface area contributed by atoms with Gasteiger partial charge in [-0.2, -0.15) is 0 Å². The van der Waals surface area contributed by atoms with E-state index in [0.717, 1.165) is 5.56 Å².